The van der Waals surface area contributed by atoms with E-state index in [1.54, 1.807) is 36.4 Å². The molecular formula is C16H17ClFNO2. The maximum absolute atomic E-state index is 14.0. The number of hydrogen-bond donors (Lipinski definition) is 1. The van der Waals surface area contributed by atoms with E-state index in [0.29, 0.717) is 16.3 Å². The van der Waals surface area contributed by atoms with E-state index in [1.165, 1.54) is 7.11 Å². The van der Waals surface area contributed by atoms with Gasteiger partial charge in [-0.15, -0.1) is 0 Å². The summed E-state index contributed by atoms with van der Waals surface area (Å²) in [4.78, 5) is 0. The zero-order valence-corrected chi connectivity index (χ0v) is 12.7. The minimum atomic E-state index is -0.420. The topological polar surface area (TPSA) is 44.5 Å². The smallest absolute Gasteiger partial charge is 0.171 e. The van der Waals surface area contributed by atoms with Gasteiger partial charge in [-0.2, -0.15) is 0 Å². The van der Waals surface area contributed by atoms with Crippen molar-refractivity contribution in [2.75, 3.05) is 7.11 Å². The quantitative estimate of drug-likeness (QED) is 0.905. The van der Waals surface area contributed by atoms with Gasteiger partial charge >= 0.3 is 0 Å². The molecule has 0 bridgehead atoms. The highest BCUT2D eigenvalue weighted by molar-refractivity contribution is 6.30. The first kappa shape index (κ1) is 15.6. The van der Waals surface area contributed by atoms with E-state index in [4.69, 9.17) is 26.8 Å². The Morgan fingerprint density at radius 3 is 2.67 bits per heavy atom. The predicted molar refractivity (Wildman–Crippen MR) is 81.3 cm³/mol. The summed E-state index contributed by atoms with van der Waals surface area (Å²) in [5.41, 5.74) is 7.09. The summed E-state index contributed by atoms with van der Waals surface area (Å²) < 4.78 is 24.7. The van der Waals surface area contributed by atoms with Gasteiger partial charge in [0, 0.05) is 22.2 Å². The second kappa shape index (κ2) is 6.78. The number of hydrogen-bond acceptors (Lipinski definition) is 3. The SMILES string of the molecule is COc1cccc(COc2ccc(Cl)cc2C(C)N)c1F. The molecule has 21 heavy (non-hydrogen) atoms. The molecule has 2 N–H and O–H groups in total. The molecule has 1 unspecified atom stereocenters. The Hall–Kier alpha value is -1.78. The molecule has 0 saturated heterocycles. The zero-order valence-electron chi connectivity index (χ0n) is 11.9. The molecule has 0 amide bonds. The van der Waals surface area contributed by atoms with Crippen molar-refractivity contribution >= 4 is 11.6 Å². The molecule has 0 spiro atoms. The number of rotatable bonds is 5. The standard InChI is InChI=1S/C16H17ClFNO2/c1-10(19)13-8-12(17)6-7-14(13)21-9-11-4-3-5-15(20-2)16(11)18/h3-8,10H,9,19H2,1-2H3. The van der Waals surface area contributed by atoms with Crippen LogP contribution in [0.1, 0.15) is 24.1 Å². The van der Waals surface area contributed by atoms with Gasteiger partial charge in [-0.05, 0) is 31.2 Å². The Kier molecular flexibility index (Phi) is 5.04. The minimum Gasteiger partial charge on any atom is -0.494 e. The molecule has 0 fully saturated rings. The van der Waals surface area contributed by atoms with Crippen LogP contribution in [0.3, 0.4) is 0 Å². The fraction of sp³-hybridized carbons (Fsp3) is 0.250. The summed E-state index contributed by atoms with van der Waals surface area (Å²) in [5, 5.41) is 0.585. The van der Waals surface area contributed by atoms with E-state index >= 15 is 0 Å². The van der Waals surface area contributed by atoms with Gasteiger partial charge in [0.1, 0.15) is 12.4 Å². The average molecular weight is 310 g/mol. The molecule has 2 aromatic carbocycles. The number of ether oxygens (including phenoxy) is 2. The summed E-state index contributed by atoms with van der Waals surface area (Å²) in [6.45, 7) is 1.93. The largest absolute Gasteiger partial charge is 0.494 e. The molecule has 0 aromatic heterocycles. The van der Waals surface area contributed by atoms with E-state index < -0.39 is 5.82 Å². The van der Waals surface area contributed by atoms with Crippen LogP contribution < -0.4 is 15.2 Å². The predicted octanol–water partition coefficient (Wildman–Crippen LogP) is 4.09. The van der Waals surface area contributed by atoms with Crippen LogP contribution in [0, 0.1) is 5.82 Å². The molecule has 2 rings (SSSR count). The molecule has 3 nitrogen and oxygen atoms in total. The maximum Gasteiger partial charge on any atom is 0.171 e. The lowest BCUT2D eigenvalue weighted by molar-refractivity contribution is 0.291. The fourth-order valence-electron chi connectivity index (χ4n) is 1.99. The van der Waals surface area contributed by atoms with Crippen molar-refractivity contribution < 1.29 is 13.9 Å². The van der Waals surface area contributed by atoms with Crippen molar-refractivity contribution in [2.24, 2.45) is 5.73 Å². The van der Waals surface area contributed by atoms with Gasteiger partial charge in [0.25, 0.3) is 0 Å². The van der Waals surface area contributed by atoms with Crippen molar-refractivity contribution in [3.63, 3.8) is 0 Å². The van der Waals surface area contributed by atoms with Gasteiger partial charge in [-0.25, -0.2) is 4.39 Å². The lowest BCUT2D eigenvalue weighted by Crippen LogP contribution is -2.08. The normalized spacial score (nSPS) is 12.0. The number of nitrogens with two attached hydrogens (primary N) is 1. The molecule has 0 aliphatic rings. The first-order valence-electron chi connectivity index (χ1n) is 6.52. The lowest BCUT2D eigenvalue weighted by atomic mass is 10.1. The highest BCUT2D eigenvalue weighted by Crippen LogP contribution is 2.29. The van der Waals surface area contributed by atoms with Crippen LogP contribution in [-0.2, 0) is 6.61 Å². The van der Waals surface area contributed by atoms with Crippen LogP contribution >= 0.6 is 11.6 Å². The second-order valence-electron chi connectivity index (χ2n) is 4.69. The van der Waals surface area contributed by atoms with Crippen molar-refractivity contribution in [3.8, 4) is 11.5 Å². The summed E-state index contributed by atoms with van der Waals surface area (Å²) >= 11 is 5.96. The molecule has 1 atom stereocenters. The summed E-state index contributed by atoms with van der Waals surface area (Å²) in [6.07, 6.45) is 0. The van der Waals surface area contributed by atoms with Crippen molar-refractivity contribution in [1.29, 1.82) is 0 Å². The summed E-state index contributed by atoms with van der Waals surface area (Å²) in [7, 11) is 1.43. The van der Waals surface area contributed by atoms with Gasteiger partial charge < -0.3 is 15.2 Å². The van der Waals surface area contributed by atoms with Gasteiger partial charge in [-0.3, -0.25) is 0 Å². The molecule has 2 aromatic rings. The Labute approximate surface area is 128 Å². The van der Waals surface area contributed by atoms with Crippen molar-refractivity contribution in [2.45, 2.75) is 19.6 Å². The van der Waals surface area contributed by atoms with E-state index in [2.05, 4.69) is 0 Å². The highest BCUT2D eigenvalue weighted by atomic mass is 35.5. The van der Waals surface area contributed by atoms with E-state index in [9.17, 15) is 4.39 Å². The second-order valence-corrected chi connectivity index (χ2v) is 5.13. The molecule has 112 valence electrons. The van der Waals surface area contributed by atoms with Gasteiger partial charge in [0.05, 0.1) is 7.11 Å². The van der Waals surface area contributed by atoms with Crippen LogP contribution in [-0.4, -0.2) is 7.11 Å². The van der Waals surface area contributed by atoms with Crippen LogP contribution in [0.25, 0.3) is 0 Å². The molecular weight excluding hydrogens is 293 g/mol. The fourth-order valence-corrected chi connectivity index (χ4v) is 2.17. The summed E-state index contributed by atoms with van der Waals surface area (Å²) in [5.74, 6) is 0.368. The van der Waals surface area contributed by atoms with Gasteiger partial charge in [0.15, 0.2) is 11.6 Å². The number of halogens is 2. The molecule has 0 radical (unpaired) electrons. The summed E-state index contributed by atoms with van der Waals surface area (Å²) in [6, 6.07) is 9.91. The maximum atomic E-state index is 14.0. The van der Waals surface area contributed by atoms with Gasteiger partial charge in [0.2, 0.25) is 0 Å². The molecule has 0 aliphatic heterocycles. The monoisotopic (exact) mass is 309 g/mol. The van der Waals surface area contributed by atoms with Crippen LogP contribution in [0.15, 0.2) is 36.4 Å². The van der Waals surface area contributed by atoms with Crippen LogP contribution in [0.2, 0.25) is 5.02 Å². The van der Waals surface area contributed by atoms with E-state index in [-0.39, 0.29) is 18.4 Å². The third kappa shape index (κ3) is 3.65. The number of methoxy groups -OCH3 is 1. The Morgan fingerprint density at radius 1 is 1.24 bits per heavy atom. The Morgan fingerprint density at radius 2 is 2.00 bits per heavy atom. The molecule has 0 saturated carbocycles. The zero-order chi connectivity index (χ0) is 15.4. The Balaban J connectivity index is 2.21. The van der Waals surface area contributed by atoms with Crippen LogP contribution in [0.5, 0.6) is 11.5 Å². The van der Waals surface area contributed by atoms with E-state index in [1.807, 2.05) is 6.92 Å². The minimum absolute atomic E-state index is 0.0877. The highest BCUT2D eigenvalue weighted by Gasteiger charge is 2.12. The van der Waals surface area contributed by atoms with Crippen LogP contribution in [0.4, 0.5) is 4.39 Å². The molecule has 0 aliphatic carbocycles. The third-order valence-corrected chi connectivity index (χ3v) is 3.34. The van der Waals surface area contributed by atoms with E-state index in [0.717, 1.165) is 5.56 Å². The number of benzene rings is 2. The van der Waals surface area contributed by atoms with Crippen molar-refractivity contribution in [1.82, 2.24) is 0 Å². The Bertz CT molecular complexity index is 632. The van der Waals surface area contributed by atoms with Crippen molar-refractivity contribution in [3.05, 3.63) is 58.4 Å². The first-order chi connectivity index (χ1) is 10.0. The van der Waals surface area contributed by atoms with Gasteiger partial charge in [-0.1, -0.05) is 23.7 Å². The first-order valence-corrected chi connectivity index (χ1v) is 6.90. The average Bonchev–Trinajstić information content (AvgIpc) is 2.47. The lowest BCUT2D eigenvalue weighted by Gasteiger charge is -2.15. The molecule has 5 heteroatoms. The molecule has 0 heterocycles. The third-order valence-electron chi connectivity index (χ3n) is 3.11.